The van der Waals surface area contributed by atoms with Crippen molar-refractivity contribution in [3.05, 3.63) is 36.0 Å². The van der Waals surface area contributed by atoms with Crippen LogP contribution in [0.5, 0.6) is 0 Å². The van der Waals surface area contributed by atoms with Crippen LogP contribution < -0.4 is 27.1 Å². The Balaban J connectivity index is 1.60. The van der Waals surface area contributed by atoms with Crippen LogP contribution in [0.2, 0.25) is 0 Å². The number of fused-ring (bicyclic) bond motifs is 1. The fourth-order valence-corrected chi connectivity index (χ4v) is 3.08. The third-order valence-corrected chi connectivity index (χ3v) is 4.36. The fourth-order valence-electron chi connectivity index (χ4n) is 3.08. The molecule has 0 saturated carbocycles. The van der Waals surface area contributed by atoms with Crippen molar-refractivity contribution < 1.29 is 14.6 Å². The van der Waals surface area contributed by atoms with Gasteiger partial charge in [0.15, 0.2) is 0 Å². The molecule has 0 unspecified atom stereocenters. The molecule has 0 radical (unpaired) electrons. The Morgan fingerprint density at radius 1 is 1.08 bits per heavy atom. The Morgan fingerprint density at radius 2 is 1.80 bits per heavy atom. The predicted octanol–water partition coefficient (Wildman–Crippen LogP) is -2.17. The number of aromatic amines is 1. The number of nitrogens with one attached hydrogen (secondary N) is 4. The maximum absolute atomic E-state index is 12.4. The van der Waals surface area contributed by atoms with Crippen LogP contribution >= 0.6 is 0 Å². The third kappa shape index (κ3) is 3.90. The molecule has 2 atom stereocenters. The molecule has 1 saturated heterocycles. The van der Waals surface area contributed by atoms with Crippen molar-refractivity contribution in [2.45, 2.75) is 31.3 Å². The van der Waals surface area contributed by atoms with Crippen LogP contribution in [0, 0.1) is 0 Å². The number of aromatic nitrogens is 1. The summed E-state index contributed by atoms with van der Waals surface area (Å²) < 4.78 is 0. The van der Waals surface area contributed by atoms with Crippen LogP contribution in [-0.4, -0.2) is 41.4 Å². The second-order valence-corrected chi connectivity index (χ2v) is 6.21. The van der Waals surface area contributed by atoms with Gasteiger partial charge in [-0.2, -0.15) is 0 Å². The van der Waals surface area contributed by atoms with E-state index in [1.807, 2.05) is 30.5 Å². The van der Waals surface area contributed by atoms with Crippen molar-refractivity contribution in [1.82, 2.24) is 15.6 Å². The number of carbonyl (C=O) groups is 2. The Kier molecular flexibility index (Phi) is 4.87. The molecule has 1 aromatic carbocycles. The first-order chi connectivity index (χ1) is 12.0. The van der Waals surface area contributed by atoms with Gasteiger partial charge in [0.1, 0.15) is 12.1 Å². The normalized spacial score (nSPS) is 20.2. The monoisotopic (exact) mass is 343 g/mol. The first-order valence-corrected chi connectivity index (χ1v) is 8.32. The van der Waals surface area contributed by atoms with Crippen LogP contribution in [0.4, 0.5) is 0 Å². The van der Waals surface area contributed by atoms with E-state index >= 15 is 0 Å². The van der Waals surface area contributed by atoms with Crippen LogP contribution in [0.25, 0.3) is 10.9 Å². The molecule has 2 aromatic rings. The van der Waals surface area contributed by atoms with Crippen molar-refractivity contribution in [3.63, 3.8) is 0 Å². The summed E-state index contributed by atoms with van der Waals surface area (Å²) in [5, 5.41) is 6.70. The maximum atomic E-state index is 12.4. The van der Waals surface area contributed by atoms with Crippen LogP contribution in [-0.2, 0) is 16.0 Å². The molecule has 0 spiro atoms. The molecule has 0 aliphatic carbocycles. The molecule has 8 heteroatoms. The number of nitrogens with two attached hydrogens (primary N) is 2. The van der Waals surface area contributed by atoms with Crippen LogP contribution in [0.1, 0.15) is 18.4 Å². The maximum Gasteiger partial charge on any atom is 0.338 e. The van der Waals surface area contributed by atoms with Crippen molar-refractivity contribution in [2.75, 3.05) is 6.54 Å². The van der Waals surface area contributed by atoms with E-state index < -0.39 is 12.1 Å². The summed E-state index contributed by atoms with van der Waals surface area (Å²) in [6.07, 6.45) is 3.53. The molecule has 25 heavy (non-hydrogen) atoms. The average Bonchev–Trinajstić information content (AvgIpc) is 2.98. The molecule has 1 aliphatic heterocycles. The number of H-pyrrole nitrogens is 1. The van der Waals surface area contributed by atoms with Crippen LogP contribution in [0.3, 0.4) is 0 Å². The molecule has 1 aromatic heterocycles. The quantitative estimate of drug-likeness (QED) is 0.202. The number of guanidine groups is 1. The molecular weight excluding hydrogens is 320 g/mol. The number of carbonyl (C=O) groups excluding carboxylic acids is 2. The summed E-state index contributed by atoms with van der Waals surface area (Å²) in [6, 6.07) is 6.80. The number of para-hydroxylation sites is 1. The second kappa shape index (κ2) is 7.25. The van der Waals surface area contributed by atoms with E-state index in [1.165, 1.54) is 0 Å². The van der Waals surface area contributed by atoms with E-state index in [1.54, 1.807) is 0 Å². The highest BCUT2D eigenvalue weighted by Crippen LogP contribution is 2.20. The lowest BCUT2D eigenvalue weighted by Crippen LogP contribution is -2.78. The van der Waals surface area contributed by atoms with Crippen molar-refractivity contribution in [3.8, 4) is 0 Å². The minimum atomic E-state index is -0.561. The van der Waals surface area contributed by atoms with Gasteiger partial charge in [-0.25, -0.2) is 0 Å². The zero-order valence-electron chi connectivity index (χ0n) is 13.8. The lowest BCUT2D eigenvalue weighted by Gasteiger charge is -2.29. The van der Waals surface area contributed by atoms with Gasteiger partial charge in [0.2, 0.25) is 11.8 Å². The molecule has 132 valence electrons. The summed E-state index contributed by atoms with van der Waals surface area (Å²) in [5.74, 6) is -0.169. The van der Waals surface area contributed by atoms with Crippen molar-refractivity contribution in [1.29, 1.82) is 0 Å². The summed E-state index contributed by atoms with van der Waals surface area (Å²) in [5.41, 5.74) is 12.7. The molecule has 1 aliphatic rings. The topological polar surface area (TPSA) is 140 Å². The summed E-state index contributed by atoms with van der Waals surface area (Å²) in [7, 11) is 0. The lowest BCUT2D eigenvalue weighted by atomic mass is 10.00. The minimum Gasteiger partial charge on any atom is -0.361 e. The number of piperazine rings is 1. The average molecular weight is 343 g/mol. The van der Waals surface area contributed by atoms with Gasteiger partial charge < -0.3 is 15.6 Å². The molecule has 0 bridgehead atoms. The van der Waals surface area contributed by atoms with Crippen molar-refractivity contribution in [2.24, 2.45) is 11.5 Å². The first kappa shape index (κ1) is 16.8. The molecule has 2 amide bonds. The highest BCUT2D eigenvalue weighted by molar-refractivity contribution is 5.97. The SMILES string of the molecule is NC(N)=[NH+]CCC[C@@H]1NC(=O)[C@H](Cc2c[nH]c3ccccc23)NC1=O. The van der Waals surface area contributed by atoms with E-state index in [-0.39, 0.29) is 17.8 Å². The van der Waals surface area contributed by atoms with Gasteiger partial charge in [0, 0.05) is 23.5 Å². The van der Waals surface area contributed by atoms with Gasteiger partial charge in [-0.3, -0.25) is 26.0 Å². The van der Waals surface area contributed by atoms with E-state index in [0.717, 1.165) is 16.5 Å². The summed E-state index contributed by atoms with van der Waals surface area (Å²) >= 11 is 0. The molecule has 8 N–H and O–H groups in total. The van der Waals surface area contributed by atoms with E-state index in [4.69, 9.17) is 11.5 Å². The lowest BCUT2D eigenvalue weighted by molar-refractivity contribution is -0.459. The zero-order valence-corrected chi connectivity index (χ0v) is 13.8. The molecular formula is C17H23N6O2+. The zero-order chi connectivity index (χ0) is 17.8. The van der Waals surface area contributed by atoms with Gasteiger partial charge in [0.25, 0.3) is 0 Å². The Labute approximate surface area is 145 Å². The van der Waals surface area contributed by atoms with Gasteiger partial charge in [-0.1, -0.05) is 18.2 Å². The Morgan fingerprint density at radius 3 is 2.60 bits per heavy atom. The Bertz CT molecular complexity index is 808. The van der Waals surface area contributed by atoms with E-state index in [2.05, 4.69) is 20.6 Å². The molecule has 8 nitrogen and oxygen atoms in total. The largest absolute Gasteiger partial charge is 0.361 e. The van der Waals surface area contributed by atoms with Gasteiger partial charge >= 0.3 is 5.96 Å². The van der Waals surface area contributed by atoms with E-state index in [0.29, 0.717) is 25.8 Å². The highest BCUT2D eigenvalue weighted by atomic mass is 16.2. The van der Waals surface area contributed by atoms with E-state index in [9.17, 15) is 9.59 Å². The highest BCUT2D eigenvalue weighted by Gasteiger charge is 2.33. The second-order valence-electron chi connectivity index (χ2n) is 6.21. The number of rotatable bonds is 6. The number of hydrogen-bond donors (Lipinski definition) is 6. The fraction of sp³-hybridized carbons (Fsp3) is 0.353. The summed E-state index contributed by atoms with van der Waals surface area (Å²) in [6.45, 7) is 0.556. The smallest absolute Gasteiger partial charge is 0.338 e. The van der Waals surface area contributed by atoms with Crippen molar-refractivity contribution >= 4 is 28.7 Å². The minimum absolute atomic E-state index is 0.149. The van der Waals surface area contributed by atoms with Gasteiger partial charge in [-0.05, 0) is 24.5 Å². The number of hydrogen-bond acceptors (Lipinski definition) is 2. The predicted molar refractivity (Wildman–Crippen MR) is 94.3 cm³/mol. The summed E-state index contributed by atoms with van der Waals surface area (Å²) in [4.78, 5) is 30.6. The Hall–Kier alpha value is -3.03. The molecule has 3 rings (SSSR count). The molecule has 2 heterocycles. The number of benzene rings is 1. The third-order valence-electron chi connectivity index (χ3n) is 4.36. The first-order valence-electron chi connectivity index (χ1n) is 8.32. The van der Waals surface area contributed by atoms with Crippen LogP contribution in [0.15, 0.2) is 30.5 Å². The number of amides is 2. The molecule has 1 fully saturated rings. The standard InChI is InChI=1S/C17H22N6O2/c18-17(19)20-7-3-6-13-15(24)23-14(16(25)22-13)8-10-9-21-12-5-2-1-4-11(10)12/h1-2,4-5,9,13-14,21H,3,6-8H2,(H,22,25)(H,23,24)(H4,18,19,20)/p+1/t13-,14-/m0/s1. The van der Waals surface area contributed by atoms with Gasteiger partial charge in [-0.15, -0.1) is 0 Å². The van der Waals surface area contributed by atoms with Gasteiger partial charge in [0.05, 0.1) is 6.54 Å².